The summed E-state index contributed by atoms with van der Waals surface area (Å²) in [6.45, 7) is 3.34. The molecule has 0 aliphatic carbocycles. The van der Waals surface area contributed by atoms with E-state index in [0.717, 1.165) is 41.7 Å². The third-order valence-electron chi connectivity index (χ3n) is 4.17. The summed E-state index contributed by atoms with van der Waals surface area (Å²) < 4.78 is 0. The van der Waals surface area contributed by atoms with Crippen LogP contribution in [0.15, 0.2) is 18.2 Å². The minimum atomic E-state index is 0.222. The Morgan fingerprint density at radius 1 is 1.30 bits per heavy atom. The van der Waals surface area contributed by atoms with E-state index >= 15 is 0 Å². The van der Waals surface area contributed by atoms with Crippen molar-refractivity contribution in [1.82, 2.24) is 15.1 Å². The first-order valence-corrected chi connectivity index (χ1v) is 7.78. The first-order valence-electron chi connectivity index (χ1n) is 7.02. The second-order valence-electron chi connectivity index (χ2n) is 5.64. The third kappa shape index (κ3) is 3.86. The lowest BCUT2D eigenvalue weighted by Gasteiger charge is -2.39. The average molecular weight is 316 g/mol. The maximum atomic E-state index is 6.33. The normalized spacial score (nSPS) is 22.9. The van der Waals surface area contributed by atoms with Gasteiger partial charge in [0, 0.05) is 41.8 Å². The number of nitrogens with one attached hydrogen (secondary N) is 1. The van der Waals surface area contributed by atoms with Crippen LogP contribution in [0.2, 0.25) is 10.0 Å². The molecular formula is C15H23Cl2N3. The lowest BCUT2D eigenvalue weighted by atomic mass is 9.97. The first kappa shape index (κ1) is 16.1. The maximum Gasteiger partial charge on any atom is 0.0454 e. The van der Waals surface area contributed by atoms with Gasteiger partial charge in [-0.15, -0.1) is 0 Å². The van der Waals surface area contributed by atoms with Crippen LogP contribution < -0.4 is 5.32 Å². The van der Waals surface area contributed by atoms with Crippen molar-refractivity contribution in [2.24, 2.45) is 0 Å². The zero-order valence-electron chi connectivity index (χ0n) is 12.4. The number of halogens is 2. The molecule has 0 saturated carbocycles. The van der Waals surface area contributed by atoms with Crippen LogP contribution in [0.3, 0.4) is 0 Å². The van der Waals surface area contributed by atoms with Gasteiger partial charge in [0.1, 0.15) is 0 Å². The first-order chi connectivity index (χ1) is 9.51. The number of likely N-dealkylation sites (N-methyl/N-ethyl adjacent to an activating group) is 2. The highest BCUT2D eigenvalue weighted by Crippen LogP contribution is 2.30. The van der Waals surface area contributed by atoms with Crippen LogP contribution in [0.1, 0.15) is 18.0 Å². The van der Waals surface area contributed by atoms with Gasteiger partial charge in [0.2, 0.25) is 0 Å². The second kappa shape index (κ2) is 7.10. The molecule has 5 heteroatoms. The standard InChI is InChI=1S/C15H23Cl2N3/c1-18-15(13-8-11(16)4-5-14(13)17)9-12-10-19(2)6-7-20(12)3/h4-5,8,12,15,18H,6-7,9-10H2,1-3H3. The Hall–Kier alpha value is -0.320. The average Bonchev–Trinajstić information content (AvgIpc) is 2.42. The number of rotatable bonds is 4. The Labute approximate surface area is 131 Å². The minimum Gasteiger partial charge on any atom is -0.313 e. The fourth-order valence-corrected chi connectivity index (χ4v) is 3.24. The summed E-state index contributed by atoms with van der Waals surface area (Å²) in [5, 5.41) is 4.89. The van der Waals surface area contributed by atoms with Gasteiger partial charge < -0.3 is 15.1 Å². The Bertz CT molecular complexity index is 453. The molecule has 2 unspecified atom stereocenters. The highest BCUT2D eigenvalue weighted by molar-refractivity contribution is 6.33. The molecular weight excluding hydrogens is 293 g/mol. The van der Waals surface area contributed by atoms with E-state index in [1.54, 1.807) is 0 Å². The molecule has 3 nitrogen and oxygen atoms in total. The van der Waals surface area contributed by atoms with Crippen molar-refractivity contribution in [1.29, 1.82) is 0 Å². The van der Waals surface area contributed by atoms with Gasteiger partial charge in [-0.25, -0.2) is 0 Å². The summed E-state index contributed by atoms with van der Waals surface area (Å²) in [7, 11) is 6.36. The highest BCUT2D eigenvalue weighted by atomic mass is 35.5. The molecule has 1 aliphatic rings. The van der Waals surface area contributed by atoms with Crippen LogP contribution in [0, 0.1) is 0 Å². The predicted octanol–water partition coefficient (Wildman–Crippen LogP) is 2.89. The predicted molar refractivity (Wildman–Crippen MR) is 86.8 cm³/mol. The summed E-state index contributed by atoms with van der Waals surface area (Å²) in [6, 6.07) is 6.43. The smallest absolute Gasteiger partial charge is 0.0454 e. The van der Waals surface area contributed by atoms with Crippen LogP contribution in [-0.4, -0.2) is 56.6 Å². The molecule has 0 aromatic heterocycles. The van der Waals surface area contributed by atoms with Crippen molar-refractivity contribution >= 4 is 23.2 Å². The van der Waals surface area contributed by atoms with Crippen molar-refractivity contribution in [2.75, 3.05) is 40.8 Å². The van der Waals surface area contributed by atoms with Crippen LogP contribution in [0.5, 0.6) is 0 Å². The van der Waals surface area contributed by atoms with Crippen molar-refractivity contribution in [2.45, 2.75) is 18.5 Å². The Balaban J connectivity index is 2.13. The molecule has 0 amide bonds. The van der Waals surface area contributed by atoms with Gasteiger partial charge in [0.05, 0.1) is 0 Å². The van der Waals surface area contributed by atoms with E-state index in [1.165, 1.54) is 0 Å². The molecule has 0 spiro atoms. The van der Waals surface area contributed by atoms with Crippen molar-refractivity contribution < 1.29 is 0 Å². The topological polar surface area (TPSA) is 18.5 Å². The third-order valence-corrected chi connectivity index (χ3v) is 4.75. The van der Waals surface area contributed by atoms with Gasteiger partial charge in [0.15, 0.2) is 0 Å². The quantitative estimate of drug-likeness (QED) is 0.921. The molecule has 2 rings (SSSR count). The molecule has 2 atom stereocenters. The molecule has 20 heavy (non-hydrogen) atoms. The fourth-order valence-electron chi connectivity index (χ4n) is 2.81. The minimum absolute atomic E-state index is 0.222. The summed E-state index contributed by atoms with van der Waals surface area (Å²) in [4.78, 5) is 4.82. The monoisotopic (exact) mass is 315 g/mol. The Morgan fingerprint density at radius 2 is 2.05 bits per heavy atom. The molecule has 0 radical (unpaired) electrons. The van der Waals surface area contributed by atoms with Gasteiger partial charge in [-0.3, -0.25) is 0 Å². The molecule has 1 fully saturated rings. The maximum absolute atomic E-state index is 6.33. The summed E-state index contributed by atoms with van der Waals surface area (Å²) >= 11 is 12.4. The van der Waals surface area contributed by atoms with Gasteiger partial charge >= 0.3 is 0 Å². The van der Waals surface area contributed by atoms with E-state index < -0.39 is 0 Å². The second-order valence-corrected chi connectivity index (χ2v) is 6.48. The number of piperazine rings is 1. The summed E-state index contributed by atoms with van der Waals surface area (Å²) in [6.07, 6.45) is 1.03. The molecule has 0 bridgehead atoms. The highest BCUT2D eigenvalue weighted by Gasteiger charge is 2.26. The van der Waals surface area contributed by atoms with E-state index in [9.17, 15) is 0 Å². The molecule has 112 valence electrons. The van der Waals surface area contributed by atoms with Gasteiger partial charge in [-0.2, -0.15) is 0 Å². The molecule has 1 aliphatic heterocycles. The van der Waals surface area contributed by atoms with Crippen molar-refractivity contribution in [3.05, 3.63) is 33.8 Å². The van der Waals surface area contributed by atoms with Gasteiger partial charge in [0.25, 0.3) is 0 Å². The van der Waals surface area contributed by atoms with E-state index in [1.807, 2.05) is 25.2 Å². The van der Waals surface area contributed by atoms with E-state index in [0.29, 0.717) is 6.04 Å². The molecule has 1 heterocycles. The van der Waals surface area contributed by atoms with Gasteiger partial charge in [-0.05, 0) is 51.3 Å². The number of hydrogen-bond acceptors (Lipinski definition) is 3. The number of nitrogens with zero attached hydrogens (tertiary/aromatic N) is 2. The fraction of sp³-hybridized carbons (Fsp3) is 0.600. The zero-order valence-corrected chi connectivity index (χ0v) is 13.9. The van der Waals surface area contributed by atoms with Crippen LogP contribution in [0.4, 0.5) is 0 Å². The molecule has 1 saturated heterocycles. The Kier molecular flexibility index (Phi) is 5.70. The van der Waals surface area contributed by atoms with E-state index in [4.69, 9.17) is 23.2 Å². The van der Waals surface area contributed by atoms with Crippen molar-refractivity contribution in [3.63, 3.8) is 0 Å². The van der Waals surface area contributed by atoms with Gasteiger partial charge in [-0.1, -0.05) is 23.2 Å². The number of hydrogen-bond donors (Lipinski definition) is 1. The summed E-state index contributed by atoms with van der Waals surface area (Å²) in [5.41, 5.74) is 1.09. The number of benzene rings is 1. The van der Waals surface area contributed by atoms with E-state index in [-0.39, 0.29) is 6.04 Å². The summed E-state index contributed by atoms with van der Waals surface area (Å²) in [5.74, 6) is 0. The van der Waals surface area contributed by atoms with Crippen molar-refractivity contribution in [3.8, 4) is 0 Å². The lowest BCUT2D eigenvalue weighted by Crippen LogP contribution is -2.50. The van der Waals surface area contributed by atoms with Crippen LogP contribution >= 0.6 is 23.2 Å². The van der Waals surface area contributed by atoms with E-state index in [2.05, 4.69) is 29.2 Å². The lowest BCUT2D eigenvalue weighted by molar-refractivity contribution is 0.102. The zero-order chi connectivity index (χ0) is 14.7. The molecule has 1 aromatic rings. The van der Waals surface area contributed by atoms with Crippen LogP contribution in [-0.2, 0) is 0 Å². The van der Waals surface area contributed by atoms with Crippen LogP contribution in [0.25, 0.3) is 0 Å². The molecule has 1 N–H and O–H groups in total. The Morgan fingerprint density at radius 3 is 2.75 bits per heavy atom. The largest absolute Gasteiger partial charge is 0.313 e. The molecule has 1 aromatic carbocycles. The SMILES string of the molecule is CNC(CC1CN(C)CCN1C)c1cc(Cl)ccc1Cl.